The van der Waals surface area contributed by atoms with E-state index in [4.69, 9.17) is 17.7 Å². The Morgan fingerprint density at radius 2 is 0.800 bits per heavy atom. The summed E-state index contributed by atoms with van der Waals surface area (Å²) in [6, 6.07) is 0. The lowest BCUT2D eigenvalue weighted by Crippen LogP contribution is -2.52. The summed E-state index contributed by atoms with van der Waals surface area (Å²) in [6.45, 7) is 19.7. The van der Waals surface area contributed by atoms with Gasteiger partial charge in [0.25, 0.3) is 0 Å². The fraction of sp³-hybridized carbons (Fsp3) is 1.00. The van der Waals surface area contributed by atoms with Crippen LogP contribution in [0.25, 0.3) is 0 Å². The smallest absolute Gasteiger partial charge is 0.338 e. The van der Waals surface area contributed by atoms with Crippen LogP contribution in [0.4, 0.5) is 0 Å². The highest BCUT2D eigenvalue weighted by Gasteiger charge is 2.50. The fourth-order valence-electron chi connectivity index (χ4n) is 2.66. The van der Waals surface area contributed by atoms with Crippen molar-refractivity contribution in [1.29, 1.82) is 0 Å². The van der Waals surface area contributed by atoms with Crippen molar-refractivity contribution in [3.63, 3.8) is 0 Å². The summed E-state index contributed by atoms with van der Waals surface area (Å²) in [4.78, 5) is 0. The molecule has 0 N–H and O–H groups in total. The van der Waals surface area contributed by atoms with Gasteiger partial charge in [-0.05, 0) is 40.8 Å². The standard InChI is InChI=1S/C14H34O4Si2/c1-9-15-19(7,16-10-2)13(5)14(6)20(8,17-11-3)18-12-4/h13-14H,9-12H2,1-8H3. The summed E-state index contributed by atoms with van der Waals surface area (Å²) in [5.41, 5.74) is 0.661. The average Bonchev–Trinajstić information content (AvgIpc) is 2.38. The molecule has 0 radical (unpaired) electrons. The van der Waals surface area contributed by atoms with Crippen molar-refractivity contribution in [3.8, 4) is 0 Å². The van der Waals surface area contributed by atoms with Gasteiger partial charge in [0.2, 0.25) is 0 Å². The summed E-state index contributed by atoms with van der Waals surface area (Å²) in [5, 5.41) is 0. The summed E-state index contributed by atoms with van der Waals surface area (Å²) < 4.78 is 24.1. The third kappa shape index (κ3) is 5.23. The third-order valence-electron chi connectivity index (χ3n) is 4.13. The lowest BCUT2D eigenvalue weighted by Gasteiger charge is -2.41. The Kier molecular flexibility index (Phi) is 9.45. The monoisotopic (exact) mass is 322 g/mol. The first-order valence-electron chi connectivity index (χ1n) is 7.87. The van der Waals surface area contributed by atoms with Crippen LogP contribution < -0.4 is 0 Å². The molecule has 0 aromatic carbocycles. The van der Waals surface area contributed by atoms with Crippen LogP contribution in [0.3, 0.4) is 0 Å². The van der Waals surface area contributed by atoms with Crippen LogP contribution in [0.1, 0.15) is 41.5 Å². The molecule has 20 heavy (non-hydrogen) atoms. The number of hydrogen-bond donors (Lipinski definition) is 0. The molecular weight excluding hydrogens is 288 g/mol. The summed E-state index contributed by atoms with van der Waals surface area (Å²) in [6.07, 6.45) is 0. The van der Waals surface area contributed by atoms with Gasteiger partial charge in [-0.1, -0.05) is 13.8 Å². The van der Waals surface area contributed by atoms with Gasteiger partial charge in [0.05, 0.1) is 0 Å². The van der Waals surface area contributed by atoms with Crippen molar-refractivity contribution in [2.24, 2.45) is 0 Å². The first-order chi connectivity index (χ1) is 9.31. The van der Waals surface area contributed by atoms with E-state index in [2.05, 4.69) is 26.9 Å². The Morgan fingerprint density at radius 3 is 0.950 bits per heavy atom. The van der Waals surface area contributed by atoms with Crippen LogP contribution >= 0.6 is 0 Å². The van der Waals surface area contributed by atoms with Crippen molar-refractivity contribution in [1.82, 2.24) is 0 Å². The lowest BCUT2D eigenvalue weighted by molar-refractivity contribution is 0.159. The van der Waals surface area contributed by atoms with Crippen LogP contribution in [0.15, 0.2) is 0 Å². The Balaban J connectivity index is 5.13. The molecule has 122 valence electrons. The van der Waals surface area contributed by atoms with E-state index in [9.17, 15) is 0 Å². The van der Waals surface area contributed by atoms with Gasteiger partial charge in [0, 0.05) is 37.5 Å². The van der Waals surface area contributed by atoms with Crippen LogP contribution in [-0.2, 0) is 17.7 Å². The van der Waals surface area contributed by atoms with Crippen molar-refractivity contribution in [2.45, 2.75) is 65.7 Å². The SMILES string of the molecule is CCO[Si](C)(OCC)C(C)C(C)[Si](C)(OCC)OCC. The van der Waals surface area contributed by atoms with E-state index in [1.807, 2.05) is 27.7 Å². The van der Waals surface area contributed by atoms with E-state index in [-0.39, 0.29) is 0 Å². The van der Waals surface area contributed by atoms with Gasteiger partial charge < -0.3 is 17.7 Å². The maximum atomic E-state index is 6.03. The van der Waals surface area contributed by atoms with E-state index >= 15 is 0 Å². The van der Waals surface area contributed by atoms with Crippen molar-refractivity contribution in [3.05, 3.63) is 0 Å². The zero-order chi connectivity index (χ0) is 15.8. The van der Waals surface area contributed by atoms with E-state index < -0.39 is 17.1 Å². The normalized spacial score (nSPS) is 16.2. The summed E-state index contributed by atoms with van der Waals surface area (Å²) in [5.74, 6) is 0. The second-order valence-corrected chi connectivity index (χ2v) is 12.4. The molecule has 2 unspecified atom stereocenters. The average molecular weight is 323 g/mol. The van der Waals surface area contributed by atoms with E-state index in [0.29, 0.717) is 37.5 Å². The molecule has 0 aromatic rings. The van der Waals surface area contributed by atoms with Gasteiger partial charge in [-0.2, -0.15) is 0 Å². The molecule has 4 nitrogen and oxygen atoms in total. The molecule has 0 saturated carbocycles. The molecule has 0 saturated heterocycles. The van der Waals surface area contributed by atoms with Gasteiger partial charge in [-0.15, -0.1) is 0 Å². The topological polar surface area (TPSA) is 36.9 Å². The van der Waals surface area contributed by atoms with Crippen molar-refractivity contribution < 1.29 is 17.7 Å². The number of rotatable bonds is 11. The van der Waals surface area contributed by atoms with Crippen molar-refractivity contribution in [2.75, 3.05) is 26.4 Å². The Morgan fingerprint density at radius 1 is 0.600 bits per heavy atom. The minimum atomic E-state index is -2.21. The highest BCUT2D eigenvalue weighted by atomic mass is 28.4. The van der Waals surface area contributed by atoms with Crippen LogP contribution in [0, 0.1) is 0 Å². The molecule has 0 fully saturated rings. The Hall–Kier alpha value is 0.274. The molecule has 0 aromatic heterocycles. The van der Waals surface area contributed by atoms with Gasteiger partial charge in [0.1, 0.15) is 0 Å². The number of hydrogen-bond acceptors (Lipinski definition) is 4. The molecule has 0 spiro atoms. The van der Waals surface area contributed by atoms with E-state index in [1.165, 1.54) is 0 Å². The molecule has 0 aliphatic rings. The third-order valence-corrected chi connectivity index (χ3v) is 12.2. The predicted molar refractivity (Wildman–Crippen MR) is 88.6 cm³/mol. The molecule has 0 amide bonds. The molecule has 0 aliphatic heterocycles. The zero-order valence-electron chi connectivity index (χ0n) is 14.6. The molecule has 6 heteroatoms. The second-order valence-electron chi connectivity index (χ2n) is 5.34. The first kappa shape index (κ1) is 20.3. The van der Waals surface area contributed by atoms with Gasteiger partial charge in [0.15, 0.2) is 0 Å². The second kappa shape index (κ2) is 9.32. The minimum absolute atomic E-state index is 0.331. The Labute approximate surface area is 127 Å². The van der Waals surface area contributed by atoms with Crippen LogP contribution in [-0.4, -0.2) is 43.5 Å². The van der Waals surface area contributed by atoms with E-state index in [1.54, 1.807) is 0 Å². The highest BCUT2D eigenvalue weighted by molar-refractivity contribution is 6.74. The van der Waals surface area contributed by atoms with E-state index in [0.717, 1.165) is 0 Å². The quantitative estimate of drug-likeness (QED) is 0.538. The fourth-order valence-corrected chi connectivity index (χ4v) is 9.81. The van der Waals surface area contributed by atoms with Crippen molar-refractivity contribution >= 4 is 17.1 Å². The molecule has 2 atom stereocenters. The molecule has 0 bridgehead atoms. The Bertz CT molecular complexity index is 226. The van der Waals surface area contributed by atoms with Gasteiger partial charge in [-0.25, -0.2) is 0 Å². The van der Waals surface area contributed by atoms with Crippen LogP contribution in [0.5, 0.6) is 0 Å². The summed E-state index contributed by atoms with van der Waals surface area (Å²) >= 11 is 0. The zero-order valence-corrected chi connectivity index (χ0v) is 16.6. The first-order valence-corrected chi connectivity index (χ1v) is 12.7. The lowest BCUT2D eigenvalue weighted by atomic mass is 10.4. The van der Waals surface area contributed by atoms with Gasteiger partial charge in [-0.3, -0.25) is 0 Å². The molecule has 0 aliphatic carbocycles. The maximum absolute atomic E-state index is 6.03. The molecular formula is C14H34O4Si2. The largest absolute Gasteiger partial charge is 0.394 e. The summed E-state index contributed by atoms with van der Waals surface area (Å²) in [7, 11) is -4.42. The maximum Gasteiger partial charge on any atom is 0.338 e. The predicted octanol–water partition coefficient (Wildman–Crippen LogP) is 4.06. The molecule has 0 heterocycles. The molecule has 0 rings (SSSR count). The van der Waals surface area contributed by atoms with Gasteiger partial charge >= 0.3 is 17.1 Å². The highest BCUT2D eigenvalue weighted by Crippen LogP contribution is 2.42. The minimum Gasteiger partial charge on any atom is -0.394 e. The van der Waals surface area contributed by atoms with Crippen LogP contribution in [0.2, 0.25) is 24.2 Å².